The Balaban J connectivity index is 1.42. The van der Waals surface area contributed by atoms with Crippen molar-refractivity contribution in [1.82, 2.24) is 20.3 Å². The smallest absolute Gasteiger partial charge is 0.277 e. The van der Waals surface area contributed by atoms with E-state index in [4.69, 9.17) is 8.94 Å². The van der Waals surface area contributed by atoms with E-state index in [0.29, 0.717) is 28.6 Å². The molecule has 0 aliphatic rings. The Morgan fingerprint density at radius 1 is 1.04 bits per heavy atom. The van der Waals surface area contributed by atoms with Gasteiger partial charge in [0.05, 0.1) is 11.3 Å². The van der Waals surface area contributed by atoms with Crippen LogP contribution in [0.3, 0.4) is 0 Å². The van der Waals surface area contributed by atoms with Gasteiger partial charge in [0, 0.05) is 10.9 Å². The van der Waals surface area contributed by atoms with Crippen molar-refractivity contribution in [2.24, 2.45) is 0 Å². The van der Waals surface area contributed by atoms with Crippen LogP contribution in [0.1, 0.15) is 11.4 Å². The lowest BCUT2D eigenvalue weighted by atomic mass is 10.1. The Hall–Kier alpha value is -2.45. The topological polar surface area (TPSA) is 77.8 Å². The number of thioether (sulfide) groups is 1. The molecule has 0 atom stereocenters. The molecule has 3 heterocycles. The van der Waals surface area contributed by atoms with Gasteiger partial charge in [-0.25, -0.2) is 0 Å². The molecular formula is C16H12N4O2S2. The molecule has 0 bridgehead atoms. The summed E-state index contributed by atoms with van der Waals surface area (Å²) in [6.07, 6.45) is 0. The van der Waals surface area contributed by atoms with Gasteiger partial charge in [-0.1, -0.05) is 34.6 Å². The Bertz CT molecular complexity index is 929. The average molecular weight is 356 g/mol. The van der Waals surface area contributed by atoms with Gasteiger partial charge in [-0.2, -0.15) is 16.3 Å². The van der Waals surface area contributed by atoms with E-state index in [-0.39, 0.29) is 0 Å². The van der Waals surface area contributed by atoms with Crippen molar-refractivity contribution in [3.63, 3.8) is 0 Å². The van der Waals surface area contributed by atoms with Gasteiger partial charge < -0.3 is 8.94 Å². The SMILES string of the molecule is Cc1ccc(-c2nnc(SCc3noc(-c4ccsc4)n3)o2)cc1. The Morgan fingerprint density at radius 2 is 1.92 bits per heavy atom. The van der Waals surface area contributed by atoms with Crippen molar-refractivity contribution in [3.8, 4) is 22.9 Å². The lowest BCUT2D eigenvalue weighted by Gasteiger charge is -1.95. The summed E-state index contributed by atoms with van der Waals surface area (Å²) in [6, 6.07) is 9.89. The van der Waals surface area contributed by atoms with Gasteiger partial charge in [0.2, 0.25) is 5.89 Å². The molecule has 0 saturated carbocycles. The van der Waals surface area contributed by atoms with E-state index < -0.39 is 0 Å². The van der Waals surface area contributed by atoms with Crippen molar-refractivity contribution in [2.45, 2.75) is 17.9 Å². The van der Waals surface area contributed by atoms with Crippen LogP contribution >= 0.6 is 23.1 Å². The predicted octanol–water partition coefficient (Wildman–Crippen LogP) is 4.45. The first-order valence-electron chi connectivity index (χ1n) is 7.16. The molecule has 1 aromatic carbocycles. The lowest BCUT2D eigenvalue weighted by Crippen LogP contribution is -1.84. The van der Waals surface area contributed by atoms with Crippen LogP contribution < -0.4 is 0 Å². The third-order valence-electron chi connectivity index (χ3n) is 3.27. The molecule has 6 nitrogen and oxygen atoms in total. The number of aromatic nitrogens is 4. The highest BCUT2D eigenvalue weighted by molar-refractivity contribution is 7.98. The number of aryl methyl sites for hydroxylation is 1. The highest BCUT2D eigenvalue weighted by atomic mass is 32.2. The average Bonchev–Trinajstić information content (AvgIpc) is 3.34. The summed E-state index contributed by atoms with van der Waals surface area (Å²) >= 11 is 2.97. The minimum absolute atomic E-state index is 0.479. The fraction of sp³-hybridized carbons (Fsp3) is 0.125. The van der Waals surface area contributed by atoms with Gasteiger partial charge in [-0.15, -0.1) is 10.2 Å². The zero-order valence-electron chi connectivity index (χ0n) is 12.7. The molecule has 3 aromatic heterocycles. The van der Waals surface area contributed by atoms with Crippen molar-refractivity contribution in [1.29, 1.82) is 0 Å². The summed E-state index contributed by atoms with van der Waals surface area (Å²) in [7, 11) is 0. The maximum absolute atomic E-state index is 5.67. The summed E-state index contributed by atoms with van der Waals surface area (Å²) < 4.78 is 10.9. The number of rotatable bonds is 5. The predicted molar refractivity (Wildman–Crippen MR) is 91.6 cm³/mol. The van der Waals surface area contributed by atoms with E-state index in [0.717, 1.165) is 11.1 Å². The first kappa shape index (κ1) is 15.1. The first-order chi connectivity index (χ1) is 11.8. The highest BCUT2D eigenvalue weighted by Crippen LogP contribution is 2.26. The molecule has 0 radical (unpaired) electrons. The summed E-state index contributed by atoms with van der Waals surface area (Å²) in [4.78, 5) is 4.36. The minimum Gasteiger partial charge on any atom is -0.411 e. The van der Waals surface area contributed by atoms with E-state index >= 15 is 0 Å². The van der Waals surface area contributed by atoms with E-state index in [1.54, 1.807) is 11.3 Å². The van der Waals surface area contributed by atoms with E-state index in [1.807, 2.05) is 48.0 Å². The molecule has 24 heavy (non-hydrogen) atoms. The number of benzene rings is 1. The third kappa shape index (κ3) is 3.24. The second kappa shape index (κ2) is 6.58. The molecule has 8 heteroatoms. The molecular weight excluding hydrogens is 344 g/mol. The molecule has 0 aliphatic carbocycles. The molecule has 0 unspecified atom stereocenters. The molecule has 0 fully saturated rings. The van der Waals surface area contributed by atoms with Crippen molar-refractivity contribution in [3.05, 3.63) is 52.5 Å². The molecule has 0 amide bonds. The van der Waals surface area contributed by atoms with Gasteiger partial charge in [0.1, 0.15) is 0 Å². The summed E-state index contributed by atoms with van der Waals surface area (Å²) in [5, 5.41) is 16.5. The van der Waals surface area contributed by atoms with Crippen molar-refractivity contribution in [2.75, 3.05) is 0 Å². The maximum atomic E-state index is 5.67. The van der Waals surface area contributed by atoms with Crippen molar-refractivity contribution >= 4 is 23.1 Å². The quantitative estimate of drug-likeness (QED) is 0.489. The molecule has 0 spiro atoms. The maximum Gasteiger partial charge on any atom is 0.277 e. The zero-order chi connectivity index (χ0) is 16.4. The number of hydrogen-bond acceptors (Lipinski definition) is 8. The molecule has 120 valence electrons. The molecule has 0 aliphatic heterocycles. The summed E-state index contributed by atoms with van der Waals surface area (Å²) in [5.74, 6) is 2.13. The molecule has 4 rings (SSSR count). The second-order valence-corrected chi connectivity index (χ2v) is 6.76. The van der Waals surface area contributed by atoms with Crippen molar-refractivity contribution < 1.29 is 8.94 Å². The van der Waals surface area contributed by atoms with Gasteiger partial charge in [-0.05, 0) is 30.5 Å². The van der Waals surface area contributed by atoms with Crippen LogP contribution in [0.5, 0.6) is 0 Å². The van der Waals surface area contributed by atoms with Crippen LogP contribution in [-0.2, 0) is 5.75 Å². The number of hydrogen-bond donors (Lipinski definition) is 0. The van der Waals surface area contributed by atoms with Crippen LogP contribution in [0.4, 0.5) is 0 Å². The highest BCUT2D eigenvalue weighted by Gasteiger charge is 2.13. The van der Waals surface area contributed by atoms with Crippen LogP contribution in [0.25, 0.3) is 22.9 Å². The van der Waals surface area contributed by atoms with Gasteiger partial charge in [-0.3, -0.25) is 0 Å². The molecule has 0 saturated heterocycles. The number of thiophene rings is 1. The lowest BCUT2D eigenvalue weighted by molar-refractivity contribution is 0.425. The van der Waals surface area contributed by atoms with Gasteiger partial charge >= 0.3 is 0 Å². The van der Waals surface area contributed by atoms with Crippen LogP contribution in [0.15, 0.2) is 55.3 Å². The number of nitrogens with zero attached hydrogens (tertiary/aromatic N) is 4. The Labute approximate surface area is 145 Å². The fourth-order valence-corrected chi connectivity index (χ4v) is 3.26. The molecule has 0 N–H and O–H groups in total. The minimum atomic E-state index is 0.479. The first-order valence-corrected chi connectivity index (χ1v) is 9.09. The Morgan fingerprint density at radius 3 is 2.71 bits per heavy atom. The summed E-state index contributed by atoms with van der Waals surface area (Å²) in [5.41, 5.74) is 3.02. The fourth-order valence-electron chi connectivity index (χ4n) is 2.02. The Kier molecular flexibility index (Phi) is 4.14. The molecule has 4 aromatic rings. The summed E-state index contributed by atoms with van der Waals surface area (Å²) in [6.45, 7) is 2.04. The third-order valence-corrected chi connectivity index (χ3v) is 4.76. The second-order valence-electron chi connectivity index (χ2n) is 5.06. The van der Waals surface area contributed by atoms with Crippen LogP contribution in [0.2, 0.25) is 0 Å². The van der Waals surface area contributed by atoms with Gasteiger partial charge in [0.25, 0.3) is 11.1 Å². The van der Waals surface area contributed by atoms with Crippen LogP contribution in [-0.4, -0.2) is 20.3 Å². The normalized spacial score (nSPS) is 11.0. The largest absolute Gasteiger partial charge is 0.411 e. The zero-order valence-corrected chi connectivity index (χ0v) is 14.3. The van der Waals surface area contributed by atoms with E-state index in [2.05, 4.69) is 20.3 Å². The van der Waals surface area contributed by atoms with Crippen LogP contribution in [0, 0.1) is 6.92 Å². The van der Waals surface area contributed by atoms with Gasteiger partial charge in [0.15, 0.2) is 5.82 Å². The van der Waals surface area contributed by atoms with E-state index in [9.17, 15) is 0 Å². The van der Waals surface area contributed by atoms with E-state index in [1.165, 1.54) is 17.3 Å². The monoisotopic (exact) mass is 356 g/mol. The standard InChI is InChI=1S/C16H12N4O2S2/c1-10-2-4-11(5-3-10)15-18-19-16(21-15)24-9-13-17-14(22-20-13)12-6-7-23-8-12/h2-8H,9H2,1H3.